The molecule has 6 nitrogen and oxygen atoms in total. The number of nitrogens with zero attached hydrogens (tertiary/aromatic N) is 1. The highest BCUT2D eigenvalue weighted by atomic mass is 16.5. The molecule has 0 aromatic heterocycles. The second kappa shape index (κ2) is 10.2. The quantitative estimate of drug-likeness (QED) is 0.736. The molecule has 1 fully saturated rings. The number of likely N-dealkylation sites (tertiary alicyclic amines) is 1. The first-order valence-corrected chi connectivity index (χ1v) is 10.0. The fourth-order valence-corrected chi connectivity index (χ4v) is 3.72. The van der Waals surface area contributed by atoms with Crippen molar-refractivity contribution in [2.75, 3.05) is 34.4 Å². The Bertz CT molecular complexity index is 832. The third-order valence-electron chi connectivity index (χ3n) is 5.35. The summed E-state index contributed by atoms with van der Waals surface area (Å²) in [5.74, 6) is 1.24. The van der Waals surface area contributed by atoms with E-state index in [-0.39, 0.29) is 5.91 Å². The topological polar surface area (TPSA) is 60.0 Å². The molecule has 1 amide bonds. The average molecular weight is 399 g/mol. The van der Waals surface area contributed by atoms with Gasteiger partial charge in [-0.2, -0.15) is 0 Å². The van der Waals surface area contributed by atoms with E-state index in [0.717, 1.165) is 25.2 Å². The minimum Gasteiger partial charge on any atom is -0.496 e. The summed E-state index contributed by atoms with van der Waals surface area (Å²) in [6.45, 7) is 3.67. The van der Waals surface area contributed by atoms with Crippen LogP contribution in [-0.2, 0) is 13.1 Å². The summed E-state index contributed by atoms with van der Waals surface area (Å²) in [4.78, 5) is 15.4. The Morgan fingerprint density at radius 2 is 1.52 bits per heavy atom. The third-order valence-corrected chi connectivity index (χ3v) is 5.35. The zero-order valence-corrected chi connectivity index (χ0v) is 17.5. The molecule has 1 saturated heterocycles. The predicted octanol–water partition coefficient (Wildman–Crippen LogP) is 3.63. The Balaban J connectivity index is 1.72. The van der Waals surface area contributed by atoms with Crippen LogP contribution in [0.5, 0.6) is 17.2 Å². The maximum atomic E-state index is 12.9. The molecule has 6 heteroatoms. The number of amides is 1. The zero-order valence-electron chi connectivity index (χ0n) is 17.5. The second-order valence-corrected chi connectivity index (χ2v) is 7.20. The van der Waals surface area contributed by atoms with E-state index in [2.05, 4.69) is 28.4 Å². The van der Waals surface area contributed by atoms with Crippen molar-refractivity contribution in [2.24, 2.45) is 0 Å². The SMILES string of the molecule is COc1cc(OC)c(C(=O)NCc2ccccc2CN2CCCCC2)cc1OC. The molecule has 3 rings (SSSR count). The highest BCUT2D eigenvalue weighted by Crippen LogP contribution is 2.34. The smallest absolute Gasteiger partial charge is 0.255 e. The third kappa shape index (κ3) is 5.21. The number of methoxy groups -OCH3 is 3. The van der Waals surface area contributed by atoms with Gasteiger partial charge in [0, 0.05) is 25.2 Å². The summed E-state index contributed by atoms with van der Waals surface area (Å²) in [5.41, 5.74) is 2.80. The zero-order chi connectivity index (χ0) is 20.6. The standard InChI is InChI=1S/C23H30N2O4/c1-27-20-14-22(29-3)21(28-2)13-19(20)23(26)24-15-17-9-5-6-10-18(17)16-25-11-7-4-8-12-25/h5-6,9-10,13-14H,4,7-8,11-12,15-16H2,1-3H3,(H,24,26). The van der Waals surface area contributed by atoms with Crippen LogP contribution in [0.4, 0.5) is 0 Å². The molecule has 1 N–H and O–H groups in total. The lowest BCUT2D eigenvalue weighted by atomic mass is 10.0. The van der Waals surface area contributed by atoms with Crippen LogP contribution in [0.15, 0.2) is 36.4 Å². The largest absolute Gasteiger partial charge is 0.496 e. The molecule has 2 aromatic carbocycles. The van der Waals surface area contributed by atoms with Crippen LogP contribution in [0, 0.1) is 0 Å². The maximum absolute atomic E-state index is 12.9. The summed E-state index contributed by atoms with van der Waals surface area (Å²) < 4.78 is 16.0. The van der Waals surface area contributed by atoms with E-state index in [4.69, 9.17) is 14.2 Å². The van der Waals surface area contributed by atoms with E-state index < -0.39 is 0 Å². The molecular formula is C23H30N2O4. The number of hydrogen-bond acceptors (Lipinski definition) is 5. The number of nitrogens with one attached hydrogen (secondary N) is 1. The van der Waals surface area contributed by atoms with Gasteiger partial charge in [-0.25, -0.2) is 0 Å². The molecule has 0 bridgehead atoms. The van der Waals surface area contributed by atoms with Crippen molar-refractivity contribution in [1.82, 2.24) is 10.2 Å². The molecule has 1 heterocycles. The van der Waals surface area contributed by atoms with Crippen LogP contribution in [-0.4, -0.2) is 45.2 Å². The summed E-state index contributed by atoms with van der Waals surface area (Å²) in [7, 11) is 4.63. The van der Waals surface area contributed by atoms with Crippen molar-refractivity contribution in [3.05, 3.63) is 53.1 Å². The van der Waals surface area contributed by atoms with Gasteiger partial charge in [0.15, 0.2) is 11.5 Å². The number of rotatable bonds is 8. The first kappa shape index (κ1) is 21.0. The molecule has 2 aromatic rings. The number of hydrogen-bond donors (Lipinski definition) is 1. The van der Waals surface area contributed by atoms with Gasteiger partial charge < -0.3 is 19.5 Å². The van der Waals surface area contributed by atoms with Gasteiger partial charge in [0.05, 0.1) is 26.9 Å². The second-order valence-electron chi connectivity index (χ2n) is 7.20. The summed E-state index contributed by atoms with van der Waals surface area (Å²) in [6, 6.07) is 11.6. The highest BCUT2D eigenvalue weighted by molar-refractivity contribution is 5.97. The predicted molar refractivity (Wildman–Crippen MR) is 113 cm³/mol. The van der Waals surface area contributed by atoms with Crippen LogP contribution in [0.3, 0.4) is 0 Å². The Kier molecular flexibility index (Phi) is 7.36. The lowest BCUT2D eigenvalue weighted by Crippen LogP contribution is -2.30. The molecule has 0 spiro atoms. The van der Waals surface area contributed by atoms with Gasteiger partial charge >= 0.3 is 0 Å². The van der Waals surface area contributed by atoms with Crippen molar-refractivity contribution in [2.45, 2.75) is 32.4 Å². The average Bonchev–Trinajstić information content (AvgIpc) is 2.78. The lowest BCUT2D eigenvalue weighted by molar-refractivity contribution is 0.0947. The molecule has 156 valence electrons. The van der Waals surface area contributed by atoms with E-state index in [1.54, 1.807) is 26.4 Å². The highest BCUT2D eigenvalue weighted by Gasteiger charge is 2.18. The Hall–Kier alpha value is -2.73. The van der Waals surface area contributed by atoms with Gasteiger partial charge in [-0.1, -0.05) is 30.7 Å². The van der Waals surface area contributed by atoms with Crippen LogP contribution in [0.25, 0.3) is 0 Å². The van der Waals surface area contributed by atoms with Gasteiger partial charge in [0.25, 0.3) is 5.91 Å². The fourth-order valence-electron chi connectivity index (χ4n) is 3.72. The lowest BCUT2D eigenvalue weighted by Gasteiger charge is -2.27. The van der Waals surface area contributed by atoms with E-state index in [1.165, 1.54) is 31.9 Å². The molecule has 0 atom stereocenters. The molecule has 0 saturated carbocycles. The van der Waals surface area contributed by atoms with E-state index in [9.17, 15) is 4.79 Å². The fraction of sp³-hybridized carbons (Fsp3) is 0.435. The molecule has 0 unspecified atom stereocenters. The van der Waals surface area contributed by atoms with Crippen molar-refractivity contribution in [1.29, 1.82) is 0 Å². The normalized spacial score (nSPS) is 14.3. The van der Waals surface area contributed by atoms with Crippen molar-refractivity contribution in [3.63, 3.8) is 0 Å². The van der Waals surface area contributed by atoms with Gasteiger partial charge in [-0.05, 0) is 37.1 Å². The van der Waals surface area contributed by atoms with E-state index >= 15 is 0 Å². The van der Waals surface area contributed by atoms with Gasteiger partial charge in [-0.15, -0.1) is 0 Å². The monoisotopic (exact) mass is 398 g/mol. The van der Waals surface area contributed by atoms with Crippen molar-refractivity contribution < 1.29 is 19.0 Å². The van der Waals surface area contributed by atoms with Gasteiger partial charge in [0.1, 0.15) is 5.75 Å². The summed E-state index contributed by atoms with van der Waals surface area (Å²) >= 11 is 0. The van der Waals surface area contributed by atoms with Crippen molar-refractivity contribution in [3.8, 4) is 17.2 Å². The van der Waals surface area contributed by atoms with E-state index in [0.29, 0.717) is 29.4 Å². The minimum absolute atomic E-state index is 0.212. The first-order chi connectivity index (χ1) is 14.2. The maximum Gasteiger partial charge on any atom is 0.255 e. The number of ether oxygens (including phenoxy) is 3. The van der Waals surface area contributed by atoms with Crippen LogP contribution in [0.1, 0.15) is 40.7 Å². The molecule has 1 aliphatic heterocycles. The van der Waals surface area contributed by atoms with Crippen molar-refractivity contribution >= 4 is 5.91 Å². The Labute approximate surface area is 172 Å². The summed E-state index contributed by atoms with van der Waals surface area (Å²) in [6.07, 6.45) is 3.84. The first-order valence-electron chi connectivity index (χ1n) is 10.0. The van der Waals surface area contributed by atoms with Crippen LogP contribution >= 0.6 is 0 Å². The molecule has 0 radical (unpaired) electrons. The molecule has 1 aliphatic rings. The number of piperidine rings is 1. The molecule has 29 heavy (non-hydrogen) atoms. The minimum atomic E-state index is -0.212. The Morgan fingerprint density at radius 3 is 2.17 bits per heavy atom. The van der Waals surface area contributed by atoms with E-state index in [1.807, 2.05) is 6.07 Å². The van der Waals surface area contributed by atoms with Gasteiger partial charge in [-0.3, -0.25) is 9.69 Å². The van der Waals surface area contributed by atoms with Crippen LogP contribution < -0.4 is 19.5 Å². The number of benzene rings is 2. The Morgan fingerprint density at radius 1 is 0.897 bits per heavy atom. The molecular weight excluding hydrogens is 368 g/mol. The number of carbonyl (C=O) groups excluding carboxylic acids is 1. The number of carbonyl (C=O) groups is 1. The summed E-state index contributed by atoms with van der Waals surface area (Å²) in [5, 5.41) is 3.02. The van der Waals surface area contributed by atoms with Gasteiger partial charge in [0.2, 0.25) is 0 Å². The van der Waals surface area contributed by atoms with Crippen LogP contribution in [0.2, 0.25) is 0 Å². The molecule has 0 aliphatic carbocycles.